The number of nitrogens with zero attached hydrogens (tertiary/aromatic N) is 2. The van der Waals surface area contributed by atoms with Gasteiger partial charge in [-0.15, -0.1) is 0 Å². The van der Waals surface area contributed by atoms with Gasteiger partial charge in [0, 0.05) is 6.42 Å². The Labute approximate surface area is 214 Å². The third-order valence-electron chi connectivity index (χ3n) is 5.65. The summed E-state index contributed by atoms with van der Waals surface area (Å²) in [6, 6.07) is 20.2. The molecule has 0 saturated carbocycles. The molecule has 0 bridgehead atoms. The van der Waals surface area contributed by atoms with Crippen molar-refractivity contribution in [1.82, 2.24) is 0 Å². The van der Waals surface area contributed by atoms with E-state index in [0.29, 0.717) is 35.1 Å². The van der Waals surface area contributed by atoms with Gasteiger partial charge in [-0.25, -0.2) is 4.79 Å². The first-order valence-electron chi connectivity index (χ1n) is 11.3. The summed E-state index contributed by atoms with van der Waals surface area (Å²) in [6.07, 6.45) is 2.52. The molecule has 1 aliphatic rings. The third kappa shape index (κ3) is 5.42. The lowest BCUT2D eigenvalue weighted by atomic mass is 10.1. The second kappa shape index (κ2) is 11.1. The second-order valence-corrected chi connectivity index (χ2v) is 8.42. The van der Waals surface area contributed by atoms with Crippen LogP contribution in [-0.4, -0.2) is 38.4 Å². The lowest BCUT2D eigenvalue weighted by Gasteiger charge is -2.14. The summed E-state index contributed by atoms with van der Waals surface area (Å²) in [5.41, 5.74) is 3.47. The van der Waals surface area contributed by atoms with E-state index in [1.807, 2.05) is 36.4 Å². The minimum Gasteiger partial charge on any atom is -0.493 e. The molecule has 3 aromatic carbocycles. The molecule has 36 heavy (non-hydrogen) atoms. The number of hydrogen-bond acceptors (Lipinski definition) is 6. The number of rotatable bonds is 8. The quantitative estimate of drug-likeness (QED) is 0.296. The van der Waals surface area contributed by atoms with Crippen LogP contribution >= 0.6 is 11.6 Å². The monoisotopic (exact) mass is 504 g/mol. The minimum absolute atomic E-state index is 0.155. The number of hydrogen-bond donors (Lipinski definition) is 0. The van der Waals surface area contributed by atoms with Crippen LogP contribution in [0.15, 0.2) is 77.4 Å². The third-order valence-corrected chi connectivity index (χ3v) is 5.98. The van der Waals surface area contributed by atoms with Crippen molar-refractivity contribution in [3.63, 3.8) is 0 Å². The standard InChI is InChI=1S/C28H25ClN2O5/c1-18-22(27(32)31(30-18)21-10-11-24(29)23(17-21)28(33)35-3)15-20-9-12-25(26(16-20)34-2)36-14-13-19-7-5-4-6-8-19/h4-12,15-17H,13-14H2,1-3H3/b22-15-. The summed E-state index contributed by atoms with van der Waals surface area (Å²) in [6.45, 7) is 2.26. The molecule has 0 saturated heterocycles. The number of anilines is 1. The van der Waals surface area contributed by atoms with Crippen LogP contribution in [0.2, 0.25) is 5.02 Å². The first-order valence-corrected chi connectivity index (χ1v) is 11.6. The number of amides is 1. The van der Waals surface area contributed by atoms with Gasteiger partial charge < -0.3 is 14.2 Å². The molecule has 0 radical (unpaired) electrons. The molecular weight excluding hydrogens is 480 g/mol. The molecule has 0 spiro atoms. The van der Waals surface area contributed by atoms with Crippen molar-refractivity contribution < 1.29 is 23.8 Å². The number of methoxy groups -OCH3 is 2. The van der Waals surface area contributed by atoms with Gasteiger partial charge in [-0.2, -0.15) is 10.1 Å². The molecule has 0 fully saturated rings. The van der Waals surface area contributed by atoms with E-state index in [-0.39, 0.29) is 16.5 Å². The van der Waals surface area contributed by atoms with Crippen molar-refractivity contribution in [2.45, 2.75) is 13.3 Å². The topological polar surface area (TPSA) is 77.4 Å². The molecule has 0 aromatic heterocycles. The minimum atomic E-state index is -0.594. The Balaban J connectivity index is 1.52. The number of benzene rings is 3. The van der Waals surface area contributed by atoms with E-state index in [1.54, 1.807) is 26.2 Å². The smallest absolute Gasteiger partial charge is 0.339 e. The predicted molar refractivity (Wildman–Crippen MR) is 140 cm³/mol. The van der Waals surface area contributed by atoms with Crippen molar-refractivity contribution >= 4 is 41.0 Å². The van der Waals surface area contributed by atoms with Crippen LogP contribution in [-0.2, 0) is 16.0 Å². The summed E-state index contributed by atoms with van der Waals surface area (Å²) < 4.78 is 16.2. The van der Waals surface area contributed by atoms with E-state index in [9.17, 15) is 9.59 Å². The van der Waals surface area contributed by atoms with Crippen molar-refractivity contribution in [1.29, 1.82) is 0 Å². The number of esters is 1. The maximum atomic E-state index is 13.2. The fraction of sp³-hybridized carbons (Fsp3) is 0.179. The van der Waals surface area contributed by atoms with Crippen molar-refractivity contribution in [2.75, 3.05) is 25.8 Å². The first-order chi connectivity index (χ1) is 17.4. The molecule has 1 aliphatic heterocycles. The summed E-state index contributed by atoms with van der Waals surface area (Å²) >= 11 is 6.11. The highest BCUT2D eigenvalue weighted by Crippen LogP contribution is 2.32. The van der Waals surface area contributed by atoms with E-state index >= 15 is 0 Å². The SMILES string of the molecule is COC(=O)c1cc(N2N=C(C)/C(=C/c3ccc(OCCc4ccccc4)c(OC)c3)C2=O)ccc1Cl. The Bertz CT molecular complexity index is 1350. The zero-order chi connectivity index (χ0) is 25.7. The van der Waals surface area contributed by atoms with Crippen molar-refractivity contribution in [3.05, 3.63) is 94.0 Å². The number of carbonyl (C=O) groups is 2. The van der Waals surface area contributed by atoms with Crippen molar-refractivity contribution in [3.8, 4) is 11.5 Å². The van der Waals surface area contributed by atoms with Crippen molar-refractivity contribution in [2.24, 2.45) is 5.10 Å². The van der Waals surface area contributed by atoms with Gasteiger partial charge in [-0.3, -0.25) is 4.79 Å². The molecule has 7 nitrogen and oxygen atoms in total. The average Bonchev–Trinajstić information content (AvgIpc) is 3.18. The first kappa shape index (κ1) is 25.0. The molecular formula is C28H25ClN2O5. The highest BCUT2D eigenvalue weighted by atomic mass is 35.5. The second-order valence-electron chi connectivity index (χ2n) is 8.01. The Kier molecular flexibility index (Phi) is 7.71. The van der Waals surface area contributed by atoms with Gasteiger partial charge in [0.05, 0.1) is 48.4 Å². The Morgan fingerprint density at radius 3 is 2.53 bits per heavy atom. The molecule has 4 rings (SSSR count). The molecule has 0 atom stereocenters. The lowest BCUT2D eigenvalue weighted by Crippen LogP contribution is -2.21. The molecule has 0 N–H and O–H groups in total. The fourth-order valence-electron chi connectivity index (χ4n) is 3.75. The van der Waals surface area contributed by atoms with Crippen LogP contribution < -0.4 is 14.5 Å². The van der Waals surface area contributed by atoms with Gasteiger partial charge in [0.25, 0.3) is 5.91 Å². The van der Waals surface area contributed by atoms with Crippen LogP contribution in [0, 0.1) is 0 Å². The van der Waals surface area contributed by atoms with Gasteiger partial charge >= 0.3 is 5.97 Å². The van der Waals surface area contributed by atoms with Gasteiger partial charge in [0.1, 0.15) is 0 Å². The fourth-order valence-corrected chi connectivity index (χ4v) is 3.95. The van der Waals surface area contributed by atoms with Crippen LogP contribution in [0.1, 0.15) is 28.4 Å². The summed E-state index contributed by atoms with van der Waals surface area (Å²) in [5, 5.41) is 5.85. The van der Waals surface area contributed by atoms with Crippen LogP contribution in [0.5, 0.6) is 11.5 Å². The lowest BCUT2D eigenvalue weighted by molar-refractivity contribution is -0.114. The zero-order valence-corrected chi connectivity index (χ0v) is 20.9. The summed E-state index contributed by atoms with van der Waals surface area (Å²) in [7, 11) is 2.84. The molecule has 0 aliphatic carbocycles. The molecule has 1 amide bonds. The Hall–Kier alpha value is -4.10. The molecule has 184 valence electrons. The Morgan fingerprint density at radius 1 is 1.03 bits per heavy atom. The van der Waals surface area contributed by atoms with E-state index in [2.05, 4.69) is 17.2 Å². The molecule has 1 heterocycles. The number of hydrazone groups is 1. The Morgan fingerprint density at radius 2 is 1.81 bits per heavy atom. The normalized spacial score (nSPS) is 14.1. The molecule has 8 heteroatoms. The van der Waals surface area contributed by atoms with E-state index in [1.165, 1.54) is 29.8 Å². The van der Waals surface area contributed by atoms with Crippen LogP contribution in [0.3, 0.4) is 0 Å². The van der Waals surface area contributed by atoms with Crippen LogP contribution in [0.25, 0.3) is 6.08 Å². The summed E-state index contributed by atoms with van der Waals surface area (Å²) in [4.78, 5) is 25.2. The van der Waals surface area contributed by atoms with E-state index in [4.69, 9.17) is 25.8 Å². The predicted octanol–water partition coefficient (Wildman–Crippen LogP) is 5.56. The highest BCUT2D eigenvalue weighted by molar-refractivity contribution is 6.34. The zero-order valence-electron chi connectivity index (χ0n) is 20.2. The average molecular weight is 505 g/mol. The van der Waals surface area contributed by atoms with E-state index in [0.717, 1.165) is 12.0 Å². The largest absolute Gasteiger partial charge is 0.493 e. The summed E-state index contributed by atoms with van der Waals surface area (Å²) in [5.74, 6) is 0.266. The van der Waals surface area contributed by atoms with Gasteiger partial charge in [-0.1, -0.05) is 48.0 Å². The highest BCUT2D eigenvalue weighted by Gasteiger charge is 2.29. The molecule has 0 unspecified atom stereocenters. The van der Waals surface area contributed by atoms with Crippen LogP contribution in [0.4, 0.5) is 5.69 Å². The van der Waals surface area contributed by atoms with Gasteiger partial charge in [0.15, 0.2) is 11.5 Å². The number of halogens is 1. The van der Waals surface area contributed by atoms with Gasteiger partial charge in [-0.05, 0) is 54.5 Å². The molecule has 3 aromatic rings. The number of ether oxygens (including phenoxy) is 3. The van der Waals surface area contributed by atoms with E-state index < -0.39 is 5.97 Å². The maximum Gasteiger partial charge on any atom is 0.339 e. The maximum absolute atomic E-state index is 13.2. The number of carbonyl (C=O) groups excluding carboxylic acids is 2. The van der Waals surface area contributed by atoms with Gasteiger partial charge in [0.2, 0.25) is 0 Å².